The van der Waals surface area contributed by atoms with Crippen LogP contribution in [0.25, 0.3) is 0 Å². The second-order valence-electron chi connectivity index (χ2n) is 4.83. The fourth-order valence-corrected chi connectivity index (χ4v) is 4.46. The van der Waals surface area contributed by atoms with E-state index in [0.717, 1.165) is 33.6 Å². The Balaban J connectivity index is 2.32. The van der Waals surface area contributed by atoms with Gasteiger partial charge >= 0.3 is 0 Å². The topological polar surface area (TPSA) is 29.9 Å². The van der Waals surface area contributed by atoms with Gasteiger partial charge in [0, 0.05) is 24.4 Å². The van der Waals surface area contributed by atoms with Crippen molar-refractivity contribution in [3.63, 3.8) is 0 Å². The van der Waals surface area contributed by atoms with Crippen LogP contribution in [0.2, 0.25) is 5.02 Å². The summed E-state index contributed by atoms with van der Waals surface area (Å²) in [6, 6.07) is 0.206. The van der Waals surface area contributed by atoms with Crippen LogP contribution in [0.1, 0.15) is 34.8 Å². The van der Waals surface area contributed by atoms with Gasteiger partial charge in [-0.2, -0.15) is 5.10 Å². The van der Waals surface area contributed by atoms with E-state index in [9.17, 15) is 0 Å². The predicted molar refractivity (Wildman–Crippen MR) is 89.9 cm³/mol. The molecule has 110 valence electrons. The zero-order chi connectivity index (χ0) is 14.9. The van der Waals surface area contributed by atoms with Crippen molar-refractivity contribution in [2.45, 2.75) is 32.7 Å². The summed E-state index contributed by atoms with van der Waals surface area (Å²) < 4.78 is 3.08. The number of hydrogen-bond donors (Lipinski definition) is 1. The first-order valence-electron chi connectivity index (χ1n) is 6.60. The van der Waals surface area contributed by atoms with Crippen molar-refractivity contribution >= 4 is 38.9 Å². The van der Waals surface area contributed by atoms with E-state index in [-0.39, 0.29) is 6.04 Å². The van der Waals surface area contributed by atoms with Crippen LogP contribution in [0.4, 0.5) is 0 Å². The van der Waals surface area contributed by atoms with Crippen LogP contribution >= 0.6 is 38.9 Å². The summed E-state index contributed by atoms with van der Waals surface area (Å²) in [5, 5.41) is 10.9. The lowest BCUT2D eigenvalue weighted by atomic mass is 10.1. The third kappa shape index (κ3) is 2.96. The molecule has 0 aliphatic heterocycles. The maximum Gasteiger partial charge on any atom is 0.0766 e. The Hall–Kier alpha value is -0.360. The lowest BCUT2D eigenvalue weighted by molar-refractivity contribution is 0.567. The highest BCUT2D eigenvalue weighted by molar-refractivity contribution is 9.10. The van der Waals surface area contributed by atoms with Crippen LogP contribution in [-0.2, 0) is 19.9 Å². The summed E-state index contributed by atoms with van der Waals surface area (Å²) in [6.45, 7) is 4.16. The quantitative estimate of drug-likeness (QED) is 0.844. The smallest absolute Gasteiger partial charge is 0.0766 e. The molecular weight excluding hydrogens is 358 g/mol. The summed E-state index contributed by atoms with van der Waals surface area (Å²) in [5.41, 5.74) is 3.44. The van der Waals surface area contributed by atoms with Crippen LogP contribution in [-0.4, -0.2) is 16.8 Å². The lowest BCUT2D eigenvalue weighted by Crippen LogP contribution is -2.19. The maximum absolute atomic E-state index is 6.40. The Bertz CT molecular complexity index is 606. The molecule has 0 aliphatic rings. The Labute approximate surface area is 137 Å². The van der Waals surface area contributed by atoms with Crippen molar-refractivity contribution < 1.29 is 0 Å². The molecule has 2 aromatic heterocycles. The van der Waals surface area contributed by atoms with Crippen LogP contribution in [0, 0.1) is 6.92 Å². The van der Waals surface area contributed by atoms with E-state index in [0.29, 0.717) is 0 Å². The molecule has 1 atom stereocenters. The first-order chi connectivity index (χ1) is 9.49. The highest BCUT2D eigenvalue weighted by atomic mass is 79.9. The van der Waals surface area contributed by atoms with E-state index in [1.165, 1.54) is 10.6 Å². The first kappa shape index (κ1) is 16.0. The molecule has 0 saturated heterocycles. The number of hydrogen-bond acceptors (Lipinski definition) is 3. The van der Waals surface area contributed by atoms with Gasteiger partial charge in [-0.25, -0.2) is 0 Å². The highest BCUT2D eigenvalue weighted by Crippen LogP contribution is 2.35. The van der Waals surface area contributed by atoms with Gasteiger partial charge in [0.15, 0.2) is 0 Å². The molecule has 3 nitrogen and oxygen atoms in total. The average Bonchev–Trinajstić information content (AvgIpc) is 2.90. The third-order valence-corrected chi connectivity index (χ3v) is 6.23. The van der Waals surface area contributed by atoms with Gasteiger partial charge in [-0.15, -0.1) is 11.3 Å². The van der Waals surface area contributed by atoms with Crippen molar-refractivity contribution in [2.24, 2.45) is 7.05 Å². The van der Waals surface area contributed by atoms with Crippen LogP contribution in [0.15, 0.2) is 9.85 Å². The van der Waals surface area contributed by atoms with Gasteiger partial charge in [0.2, 0.25) is 0 Å². The minimum absolute atomic E-state index is 0.206. The standard InChI is InChI=1S/C14H19BrClN3S/c1-5-9-12(15)11(19(4)18-9)6-10(17-3)14-13(16)8(2)7-20-14/h7,10,17H,5-6H2,1-4H3. The molecule has 0 bridgehead atoms. The molecule has 6 heteroatoms. The number of likely N-dealkylation sites (N-methyl/N-ethyl adjacent to an activating group) is 1. The van der Waals surface area contributed by atoms with Gasteiger partial charge in [0.1, 0.15) is 0 Å². The molecule has 1 N–H and O–H groups in total. The summed E-state index contributed by atoms with van der Waals surface area (Å²) in [5.74, 6) is 0. The van der Waals surface area contributed by atoms with E-state index >= 15 is 0 Å². The monoisotopic (exact) mass is 375 g/mol. The third-order valence-electron chi connectivity index (χ3n) is 3.49. The number of nitrogens with zero attached hydrogens (tertiary/aromatic N) is 2. The highest BCUT2D eigenvalue weighted by Gasteiger charge is 2.21. The molecule has 2 rings (SSSR count). The maximum atomic E-state index is 6.40. The molecule has 0 spiro atoms. The molecule has 2 aromatic rings. The van der Waals surface area contributed by atoms with Crippen molar-refractivity contribution in [3.8, 4) is 0 Å². The first-order valence-corrected chi connectivity index (χ1v) is 8.65. The molecule has 0 radical (unpaired) electrons. The van der Waals surface area contributed by atoms with Gasteiger partial charge < -0.3 is 5.32 Å². The summed E-state index contributed by atoms with van der Waals surface area (Å²) in [6.07, 6.45) is 1.79. The molecule has 20 heavy (non-hydrogen) atoms. The molecular formula is C14H19BrClN3S. The van der Waals surface area contributed by atoms with E-state index in [4.69, 9.17) is 11.6 Å². The summed E-state index contributed by atoms with van der Waals surface area (Å²) in [4.78, 5) is 1.19. The second-order valence-corrected chi connectivity index (χ2v) is 6.91. The van der Waals surface area contributed by atoms with Gasteiger partial charge in [0.05, 0.1) is 20.9 Å². The van der Waals surface area contributed by atoms with Gasteiger partial charge in [-0.05, 0) is 47.3 Å². The van der Waals surface area contributed by atoms with Gasteiger partial charge in [-0.1, -0.05) is 18.5 Å². The van der Waals surface area contributed by atoms with Crippen molar-refractivity contribution in [2.75, 3.05) is 7.05 Å². The Kier molecular flexibility index (Phi) is 5.29. The van der Waals surface area contributed by atoms with Crippen LogP contribution in [0.3, 0.4) is 0 Å². The number of nitrogens with one attached hydrogen (secondary N) is 1. The van der Waals surface area contributed by atoms with Crippen molar-refractivity contribution in [1.29, 1.82) is 0 Å². The lowest BCUT2D eigenvalue weighted by Gasteiger charge is -2.16. The Morgan fingerprint density at radius 1 is 1.55 bits per heavy atom. The van der Waals surface area contributed by atoms with E-state index in [2.05, 4.69) is 38.6 Å². The second kappa shape index (κ2) is 6.60. The molecule has 0 fully saturated rings. The number of thiophene rings is 1. The zero-order valence-electron chi connectivity index (χ0n) is 12.1. The minimum Gasteiger partial charge on any atom is -0.312 e. The largest absolute Gasteiger partial charge is 0.312 e. The molecule has 0 aliphatic carbocycles. The molecule has 1 unspecified atom stereocenters. The summed E-state index contributed by atoms with van der Waals surface area (Å²) >= 11 is 11.8. The zero-order valence-corrected chi connectivity index (χ0v) is 15.3. The fourth-order valence-electron chi connectivity index (χ4n) is 2.25. The van der Waals surface area contributed by atoms with Crippen molar-refractivity contribution in [3.05, 3.63) is 36.7 Å². The SMILES string of the molecule is CCc1nn(C)c(CC(NC)c2scc(C)c2Cl)c1Br. The number of halogens is 2. The minimum atomic E-state index is 0.206. The van der Waals surface area contributed by atoms with Gasteiger partial charge in [0.25, 0.3) is 0 Å². The van der Waals surface area contributed by atoms with Gasteiger partial charge in [-0.3, -0.25) is 4.68 Å². The van der Waals surface area contributed by atoms with Crippen LogP contribution in [0.5, 0.6) is 0 Å². The molecule has 0 aromatic carbocycles. The summed E-state index contributed by atoms with van der Waals surface area (Å²) in [7, 11) is 3.97. The number of aryl methyl sites for hydroxylation is 3. The van der Waals surface area contributed by atoms with Crippen LogP contribution < -0.4 is 5.32 Å². The molecule has 0 amide bonds. The average molecular weight is 377 g/mol. The van der Waals surface area contributed by atoms with E-state index in [1.54, 1.807) is 11.3 Å². The molecule has 2 heterocycles. The van der Waals surface area contributed by atoms with Crippen molar-refractivity contribution in [1.82, 2.24) is 15.1 Å². The number of aromatic nitrogens is 2. The fraction of sp³-hybridized carbons (Fsp3) is 0.500. The molecule has 0 saturated carbocycles. The Morgan fingerprint density at radius 3 is 2.70 bits per heavy atom. The predicted octanol–water partition coefficient (Wildman–Crippen LogP) is 4.27. The normalized spacial score (nSPS) is 12.9. The van der Waals surface area contributed by atoms with E-state index in [1.807, 2.05) is 25.7 Å². The van der Waals surface area contributed by atoms with E-state index < -0.39 is 0 Å². The Morgan fingerprint density at radius 2 is 2.25 bits per heavy atom. The number of rotatable bonds is 5.